The summed E-state index contributed by atoms with van der Waals surface area (Å²) in [6, 6.07) is 9.55. The summed E-state index contributed by atoms with van der Waals surface area (Å²) in [6.07, 6.45) is 5.51. The summed E-state index contributed by atoms with van der Waals surface area (Å²) in [4.78, 5) is 24.7. The van der Waals surface area contributed by atoms with E-state index in [4.69, 9.17) is 19.2 Å². The number of pyridine rings is 1. The summed E-state index contributed by atoms with van der Waals surface area (Å²) in [5, 5.41) is 0. The Hall–Kier alpha value is -3.13. The third-order valence-corrected chi connectivity index (χ3v) is 6.45. The summed E-state index contributed by atoms with van der Waals surface area (Å²) in [5.74, 6) is 1.96. The number of hydrogen-bond donors (Lipinski definition) is 0. The van der Waals surface area contributed by atoms with Crippen LogP contribution in [0.4, 0.5) is 0 Å². The second-order valence-electron chi connectivity index (χ2n) is 8.25. The molecule has 4 heterocycles. The molecule has 2 aromatic heterocycles. The normalized spacial score (nSPS) is 19.4. The largest absolute Gasteiger partial charge is 0.496 e. The number of fused-ring (bicyclic) bond motifs is 1. The van der Waals surface area contributed by atoms with Gasteiger partial charge in [-0.25, -0.2) is 9.97 Å². The van der Waals surface area contributed by atoms with Gasteiger partial charge < -0.3 is 23.7 Å². The average molecular weight is 437 g/mol. The Morgan fingerprint density at radius 1 is 1.06 bits per heavy atom. The van der Waals surface area contributed by atoms with Crippen molar-refractivity contribution in [2.75, 3.05) is 33.9 Å². The average Bonchev–Trinajstić information content (AvgIpc) is 3.51. The van der Waals surface area contributed by atoms with E-state index in [0.717, 1.165) is 49.3 Å². The minimum Gasteiger partial charge on any atom is -0.496 e. The molecule has 0 aliphatic carbocycles. The van der Waals surface area contributed by atoms with Gasteiger partial charge in [-0.05, 0) is 49.9 Å². The number of amides is 1. The van der Waals surface area contributed by atoms with Crippen molar-refractivity contribution in [1.82, 2.24) is 19.4 Å². The van der Waals surface area contributed by atoms with Gasteiger partial charge in [-0.1, -0.05) is 6.07 Å². The molecule has 0 N–H and O–H groups in total. The van der Waals surface area contributed by atoms with E-state index < -0.39 is 0 Å². The fourth-order valence-corrected chi connectivity index (χ4v) is 4.86. The number of imidazole rings is 1. The number of rotatable bonds is 5. The number of aromatic nitrogens is 3. The van der Waals surface area contributed by atoms with Crippen molar-refractivity contribution in [3.63, 3.8) is 0 Å². The molecule has 1 amide bonds. The van der Waals surface area contributed by atoms with E-state index in [9.17, 15) is 4.79 Å². The Balaban J connectivity index is 1.40. The van der Waals surface area contributed by atoms with Crippen LogP contribution in [0.2, 0.25) is 0 Å². The molecule has 1 aromatic carbocycles. The van der Waals surface area contributed by atoms with Crippen LogP contribution in [0.1, 0.15) is 54.0 Å². The van der Waals surface area contributed by atoms with Gasteiger partial charge in [-0.15, -0.1) is 0 Å². The van der Waals surface area contributed by atoms with Gasteiger partial charge in [0.2, 0.25) is 0 Å². The monoisotopic (exact) mass is 436 g/mol. The van der Waals surface area contributed by atoms with Gasteiger partial charge in [-0.2, -0.15) is 0 Å². The van der Waals surface area contributed by atoms with Gasteiger partial charge in [0.15, 0.2) is 5.65 Å². The molecule has 5 rings (SSSR count). The summed E-state index contributed by atoms with van der Waals surface area (Å²) in [5.41, 5.74) is 2.27. The zero-order chi connectivity index (χ0) is 22.1. The lowest BCUT2D eigenvalue weighted by Crippen LogP contribution is -2.39. The van der Waals surface area contributed by atoms with E-state index in [1.54, 1.807) is 26.4 Å². The first-order chi connectivity index (χ1) is 15.7. The maximum absolute atomic E-state index is 13.4. The predicted octanol–water partition coefficient (Wildman–Crippen LogP) is 3.78. The first-order valence-corrected chi connectivity index (χ1v) is 11.2. The highest BCUT2D eigenvalue weighted by Crippen LogP contribution is 2.36. The standard InChI is InChI=1S/C24H28N4O4/c1-30-18-7-3-8-19(31-2)21(18)24(29)27-13-10-16(11-14-27)28-22-17(6-4-12-25-22)26-23(28)20-9-5-15-32-20/h3-4,6-8,12,16,20H,5,9-11,13-15H2,1-2H3. The lowest BCUT2D eigenvalue weighted by molar-refractivity contribution is 0.0675. The molecule has 0 saturated carbocycles. The van der Waals surface area contributed by atoms with Gasteiger partial charge >= 0.3 is 0 Å². The number of carbonyl (C=O) groups excluding carboxylic acids is 1. The number of benzene rings is 1. The van der Waals surface area contributed by atoms with Crippen LogP contribution in [0.15, 0.2) is 36.5 Å². The third-order valence-electron chi connectivity index (χ3n) is 6.45. The van der Waals surface area contributed by atoms with E-state index in [1.807, 2.05) is 29.3 Å². The number of ether oxygens (including phenoxy) is 3. The zero-order valence-electron chi connectivity index (χ0n) is 18.5. The van der Waals surface area contributed by atoms with Gasteiger partial charge in [0.05, 0.1) is 14.2 Å². The van der Waals surface area contributed by atoms with Crippen LogP contribution in [-0.2, 0) is 4.74 Å². The quantitative estimate of drug-likeness (QED) is 0.606. The van der Waals surface area contributed by atoms with Crippen LogP contribution >= 0.6 is 0 Å². The highest BCUT2D eigenvalue weighted by atomic mass is 16.5. The lowest BCUT2D eigenvalue weighted by Gasteiger charge is -2.34. The fourth-order valence-electron chi connectivity index (χ4n) is 4.86. The highest BCUT2D eigenvalue weighted by Gasteiger charge is 2.32. The maximum Gasteiger partial charge on any atom is 0.261 e. The summed E-state index contributed by atoms with van der Waals surface area (Å²) in [7, 11) is 3.14. The molecule has 2 saturated heterocycles. The molecule has 2 aliphatic rings. The van der Waals surface area contributed by atoms with Gasteiger partial charge in [0.25, 0.3) is 5.91 Å². The van der Waals surface area contributed by atoms with E-state index in [0.29, 0.717) is 30.2 Å². The number of hydrogen-bond acceptors (Lipinski definition) is 6. The predicted molar refractivity (Wildman–Crippen MR) is 119 cm³/mol. The van der Waals surface area contributed by atoms with Crippen molar-refractivity contribution in [1.29, 1.82) is 0 Å². The van der Waals surface area contributed by atoms with Crippen molar-refractivity contribution >= 4 is 17.1 Å². The minimum absolute atomic E-state index is 0.0155. The molecule has 8 nitrogen and oxygen atoms in total. The van der Waals surface area contributed by atoms with Gasteiger partial charge in [0, 0.05) is 31.9 Å². The summed E-state index contributed by atoms with van der Waals surface area (Å²) >= 11 is 0. The second kappa shape index (κ2) is 8.78. The van der Waals surface area contributed by atoms with Crippen LogP contribution < -0.4 is 9.47 Å². The molecule has 3 aromatic rings. The Morgan fingerprint density at radius 2 is 1.81 bits per heavy atom. The Bertz CT molecular complexity index is 1090. The van der Waals surface area contributed by atoms with Crippen molar-refractivity contribution in [2.45, 2.75) is 37.8 Å². The molecule has 2 aliphatic heterocycles. The Labute approximate surface area is 187 Å². The number of methoxy groups -OCH3 is 2. The first kappa shape index (κ1) is 20.8. The number of carbonyl (C=O) groups is 1. The molecule has 0 bridgehead atoms. The zero-order valence-corrected chi connectivity index (χ0v) is 18.5. The minimum atomic E-state index is -0.0642. The molecule has 8 heteroatoms. The van der Waals surface area contributed by atoms with Gasteiger partial charge in [-0.3, -0.25) is 4.79 Å². The fraction of sp³-hybridized carbons (Fsp3) is 0.458. The molecular formula is C24H28N4O4. The van der Waals surface area contributed by atoms with Crippen molar-refractivity contribution in [3.8, 4) is 11.5 Å². The van der Waals surface area contributed by atoms with Crippen LogP contribution in [0.5, 0.6) is 11.5 Å². The lowest BCUT2D eigenvalue weighted by atomic mass is 10.0. The van der Waals surface area contributed by atoms with Gasteiger partial charge in [0.1, 0.15) is 34.5 Å². The van der Waals surface area contributed by atoms with Crippen LogP contribution in [0.3, 0.4) is 0 Å². The summed E-state index contributed by atoms with van der Waals surface area (Å²) in [6.45, 7) is 2.05. The van der Waals surface area contributed by atoms with E-state index in [-0.39, 0.29) is 18.1 Å². The van der Waals surface area contributed by atoms with E-state index in [2.05, 4.69) is 9.55 Å². The number of piperidine rings is 1. The molecule has 0 spiro atoms. The summed E-state index contributed by atoms with van der Waals surface area (Å²) < 4.78 is 19.1. The SMILES string of the molecule is COc1cccc(OC)c1C(=O)N1CCC(n2c(C3CCCO3)nc3cccnc32)CC1. The molecular weight excluding hydrogens is 408 g/mol. The Morgan fingerprint density at radius 3 is 2.47 bits per heavy atom. The molecule has 0 radical (unpaired) electrons. The first-order valence-electron chi connectivity index (χ1n) is 11.2. The highest BCUT2D eigenvalue weighted by molar-refractivity contribution is 5.99. The third kappa shape index (κ3) is 3.58. The number of nitrogens with zero attached hydrogens (tertiary/aromatic N) is 4. The molecule has 1 atom stereocenters. The Kier molecular flexibility index (Phi) is 5.70. The van der Waals surface area contributed by atoms with Crippen molar-refractivity contribution < 1.29 is 19.0 Å². The topological polar surface area (TPSA) is 78.7 Å². The smallest absolute Gasteiger partial charge is 0.261 e. The van der Waals surface area contributed by atoms with E-state index >= 15 is 0 Å². The molecule has 168 valence electrons. The molecule has 1 unspecified atom stereocenters. The number of likely N-dealkylation sites (tertiary alicyclic amines) is 1. The van der Waals surface area contributed by atoms with Crippen LogP contribution in [0, 0.1) is 0 Å². The van der Waals surface area contributed by atoms with Crippen molar-refractivity contribution in [3.05, 3.63) is 47.9 Å². The molecule has 2 fully saturated rings. The van der Waals surface area contributed by atoms with Crippen LogP contribution in [-0.4, -0.2) is 59.3 Å². The molecule has 32 heavy (non-hydrogen) atoms. The van der Waals surface area contributed by atoms with E-state index in [1.165, 1.54) is 0 Å². The second-order valence-corrected chi connectivity index (χ2v) is 8.25. The van der Waals surface area contributed by atoms with Crippen molar-refractivity contribution in [2.24, 2.45) is 0 Å². The van der Waals surface area contributed by atoms with Crippen LogP contribution in [0.25, 0.3) is 11.2 Å². The maximum atomic E-state index is 13.4.